The van der Waals surface area contributed by atoms with Gasteiger partial charge >= 0.3 is 0 Å². The molecular formula is C48H45NSi. The molecule has 2 heteroatoms. The SMILES string of the molecule is Cc1c2c3c(cccc3c3ccccc13)C(C)(C)c1cc(N(c3ccc([Si](C)(C)C)cc3)c3ccc4c(c3)C(C)(C)c3ccccc3-4)ccc1-2. The molecule has 50 heavy (non-hydrogen) atoms. The molecule has 7 aromatic rings. The molecule has 0 aromatic heterocycles. The van der Waals surface area contributed by atoms with Gasteiger partial charge in [-0.05, 0) is 115 Å². The predicted molar refractivity (Wildman–Crippen MR) is 219 cm³/mol. The van der Waals surface area contributed by atoms with Gasteiger partial charge in [0.1, 0.15) is 0 Å². The summed E-state index contributed by atoms with van der Waals surface area (Å²) in [5, 5.41) is 6.93. The Morgan fingerprint density at radius 2 is 0.980 bits per heavy atom. The predicted octanol–water partition coefficient (Wildman–Crippen LogP) is 12.9. The lowest BCUT2D eigenvalue weighted by molar-refractivity contribution is 0.645. The Hall–Kier alpha value is -4.92. The fraction of sp³-hybridized carbons (Fsp3) is 0.208. The zero-order valence-corrected chi connectivity index (χ0v) is 31.6. The number of aryl methyl sites for hydroxylation is 1. The molecule has 246 valence electrons. The molecule has 0 saturated heterocycles. The van der Waals surface area contributed by atoms with Crippen LogP contribution in [0.4, 0.5) is 17.1 Å². The Morgan fingerprint density at radius 1 is 0.460 bits per heavy atom. The summed E-state index contributed by atoms with van der Waals surface area (Å²) in [7, 11) is -1.46. The monoisotopic (exact) mass is 663 g/mol. The first-order valence-corrected chi connectivity index (χ1v) is 21.6. The van der Waals surface area contributed by atoms with Gasteiger partial charge in [0.05, 0.1) is 8.07 Å². The zero-order chi connectivity index (χ0) is 34.7. The van der Waals surface area contributed by atoms with Crippen LogP contribution in [0.5, 0.6) is 0 Å². The highest BCUT2D eigenvalue weighted by atomic mass is 28.3. The van der Waals surface area contributed by atoms with Crippen LogP contribution in [0.15, 0.2) is 127 Å². The molecule has 9 rings (SSSR count). The molecule has 0 amide bonds. The Morgan fingerprint density at radius 3 is 1.68 bits per heavy atom. The number of fused-ring (bicyclic) bond motifs is 7. The minimum Gasteiger partial charge on any atom is -0.310 e. The third kappa shape index (κ3) is 4.31. The Balaban J connectivity index is 1.28. The summed E-state index contributed by atoms with van der Waals surface area (Å²) < 4.78 is 0. The van der Waals surface area contributed by atoms with Gasteiger partial charge in [0.15, 0.2) is 0 Å². The number of benzene rings is 7. The second kappa shape index (κ2) is 10.5. The summed E-state index contributed by atoms with van der Waals surface area (Å²) in [4.78, 5) is 2.49. The van der Waals surface area contributed by atoms with Crippen LogP contribution in [0.25, 0.3) is 43.8 Å². The van der Waals surface area contributed by atoms with Gasteiger partial charge in [0.25, 0.3) is 0 Å². The maximum absolute atomic E-state index is 2.49. The number of rotatable bonds is 4. The molecule has 0 bridgehead atoms. The van der Waals surface area contributed by atoms with Gasteiger partial charge in [-0.2, -0.15) is 0 Å². The van der Waals surface area contributed by atoms with Crippen LogP contribution in [0.1, 0.15) is 55.5 Å². The van der Waals surface area contributed by atoms with E-state index in [1.807, 2.05) is 0 Å². The van der Waals surface area contributed by atoms with Crippen molar-refractivity contribution in [3.05, 3.63) is 155 Å². The van der Waals surface area contributed by atoms with E-state index < -0.39 is 8.07 Å². The zero-order valence-electron chi connectivity index (χ0n) is 30.6. The highest BCUT2D eigenvalue weighted by Crippen LogP contribution is 2.54. The number of hydrogen-bond donors (Lipinski definition) is 0. The van der Waals surface area contributed by atoms with Crippen molar-refractivity contribution >= 4 is 51.9 Å². The summed E-state index contributed by atoms with van der Waals surface area (Å²) in [6.07, 6.45) is 0. The Kier molecular flexibility index (Phi) is 6.55. The lowest BCUT2D eigenvalue weighted by atomic mass is 9.67. The van der Waals surface area contributed by atoms with Crippen LogP contribution in [-0.2, 0) is 10.8 Å². The van der Waals surface area contributed by atoms with Crippen molar-refractivity contribution in [3.8, 4) is 22.3 Å². The van der Waals surface area contributed by atoms with Gasteiger partial charge in [-0.15, -0.1) is 0 Å². The van der Waals surface area contributed by atoms with Crippen molar-refractivity contribution in [2.45, 2.75) is 65.1 Å². The summed E-state index contributed by atoms with van der Waals surface area (Å²) >= 11 is 0. The van der Waals surface area contributed by atoms with Crippen molar-refractivity contribution in [2.75, 3.05) is 4.90 Å². The molecular weight excluding hydrogens is 619 g/mol. The largest absolute Gasteiger partial charge is 0.310 e. The quantitative estimate of drug-likeness (QED) is 0.134. The van der Waals surface area contributed by atoms with E-state index in [0.717, 1.165) is 0 Å². The van der Waals surface area contributed by atoms with Crippen molar-refractivity contribution in [3.63, 3.8) is 0 Å². The van der Waals surface area contributed by atoms with Crippen molar-refractivity contribution in [2.24, 2.45) is 0 Å². The van der Waals surface area contributed by atoms with Crippen molar-refractivity contribution in [1.82, 2.24) is 0 Å². The van der Waals surface area contributed by atoms with E-state index >= 15 is 0 Å². The first-order valence-electron chi connectivity index (χ1n) is 18.1. The first-order chi connectivity index (χ1) is 23.9. The lowest BCUT2D eigenvalue weighted by Gasteiger charge is -2.37. The second-order valence-corrected chi connectivity index (χ2v) is 21.7. The molecule has 1 nitrogen and oxygen atoms in total. The second-order valence-electron chi connectivity index (χ2n) is 16.7. The van der Waals surface area contributed by atoms with Crippen LogP contribution in [0.3, 0.4) is 0 Å². The van der Waals surface area contributed by atoms with Crippen molar-refractivity contribution in [1.29, 1.82) is 0 Å². The standard InChI is InChI=1S/C48H45NSi/c1-30-35-14-9-10-15-36(35)39-17-13-19-42-46(39)45(30)40-27-23-33(29-44(40)48(42,4)5)49(31-20-24-34(25-21-31)50(6,7)8)32-22-26-38-37-16-11-12-18-41(37)47(2,3)43(38)28-32/h9-29H,1-8H3. The summed E-state index contributed by atoms with van der Waals surface area (Å²) in [5.74, 6) is 0. The third-order valence-corrected chi connectivity index (χ3v) is 14.1. The van der Waals surface area contributed by atoms with E-state index in [1.165, 1.54) is 93.9 Å². The molecule has 0 radical (unpaired) electrons. The average molecular weight is 664 g/mol. The minimum absolute atomic E-state index is 0.0736. The molecule has 0 aliphatic heterocycles. The van der Waals surface area contributed by atoms with E-state index in [4.69, 9.17) is 0 Å². The summed E-state index contributed by atoms with van der Waals surface area (Å²) in [6, 6.07) is 48.7. The smallest absolute Gasteiger partial charge is 0.0775 e. The van der Waals surface area contributed by atoms with Crippen LogP contribution in [0.2, 0.25) is 19.6 Å². The van der Waals surface area contributed by atoms with Gasteiger partial charge < -0.3 is 4.90 Å². The van der Waals surface area contributed by atoms with Crippen LogP contribution < -0.4 is 10.1 Å². The maximum Gasteiger partial charge on any atom is 0.0775 e. The van der Waals surface area contributed by atoms with E-state index in [-0.39, 0.29) is 10.8 Å². The van der Waals surface area contributed by atoms with Crippen molar-refractivity contribution < 1.29 is 0 Å². The normalized spacial score (nSPS) is 15.1. The van der Waals surface area contributed by atoms with E-state index in [2.05, 4.69) is 187 Å². The Bertz CT molecular complexity index is 2530. The van der Waals surface area contributed by atoms with E-state index in [9.17, 15) is 0 Å². The number of nitrogens with zero attached hydrogens (tertiary/aromatic N) is 1. The molecule has 0 spiro atoms. The highest BCUT2D eigenvalue weighted by Gasteiger charge is 2.37. The molecule has 0 heterocycles. The maximum atomic E-state index is 2.49. The molecule has 0 saturated carbocycles. The fourth-order valence-corrected chi connectivity index (χ4v) is 10.4. The summed E-state index contributed by atoms with van der Waals surface area (Å²) in [5.41, 5.74) is 15.7. The van der Waals surface area contributed by atoms with Gasteiger partial charge in [-0.3, -0.25) is 0 Å². The molecule has 0 fully saturated rings. The third-order valence-electron chi connectivity index (χ3n) is 12.0. The van der Waals surface area contributed by atoms with Crippen LogP contribution >= 0.6 is 0 Å². The molecule has 0 unspecified atom stereocenters. The highest BCUT2D eigenvalue weighted by molar-refractivity contribution is 6.88. The molecule has 0 atom stereocenters. The number of anilines is 3. The van der Waals surface area contributed by atoms with Gasteiger partial charge in [0.2, 0.25) is 0 Å². The van der Waals surface area contributed by atoms with Gasteiger partial charge in [-0.25, -0.2) is 0 Å². The molecule has 7 aromatic carbocycles. The summed E-state index contributed by atoms with van der Waals surface area (Å²) in [6.45, 7) is 19.2. The van der Waals surface area contributed by atoms with E-state index in [0.29, 0.717) is 0 Å². The number of hydrogen-bond acceptors (Lipinski definition) is 1. The Labute approximate surface area is 298 Å². The van der Waals surface area contributed by atoms with Crippen LogP contribution in [0, 0.1) is 6.92 Å². The van der Waals surface area contributed by atoms with Gasteiger partial charge in [-0.1, -0.05) is 144 Å². The molecule has 2 aliphatic rings. The minimum atomic E-state index is -1.46. The first kappa shape index (κ1) is 31.1. The fourth-order valence-electron chi connectivity index (χ4n) is 9.21. The average Bonchev–Trinajstić information content (AvgIpc) is 3.34. The van der Waals surface area contributed by atoms with Crippen LogP contribution in [-0.4, -0.2) is 8.07 Å². The topological polar surface area (TPSA) is 3.24 Å². The lowest BCUT2D eigenvalue weighted by Crippen LogP contribution is -2.37. The molecule has 2 aliphatic carbocycles. The van der Waals surface area contributed by atoms with Gasteiger partial charge in [0, 0.05) is 27.9 Å². The van der Waals surface area contributed by atoms with E-state index in [1.54, 1.807) is 0 Å². The molecule has 0 N–H and O–H groups in total.